The van der Waals surface area contributed by atoms with Crippen molar-refractivity contribution in [1.82, 2.24) is 9.55 Å². The molecule has 180 valence electrons. The van der Waals surface area contributed by atoms with Crippen LogP contribution < -0.4 is 14.4 Å². The number of rotatable bonds is 9. The third-order valence-corrected chi connectivity index (χ3v) is 6.22. The molecule has 0 saturated heterocycles. The maximum atomic E-state index is 13.9. The van der Waals surface area contributed by atoms with Gasteiger partial charge < -0.3 is 18.8 Å². The Morgan fingerprint density at radius 3 is 2.53 bits per heavy atom. The van der Waals surface area contributed by atoms with Gasteiger partial charge in [-0.15, -0.1) is 0 Å². The summed E-state index contributed by atoms with van der Waals surface area (Å²) in [6.45, 7) is 4.51. The number of carbonyl (C=O) groups excluding carboxylic acids is 2. The number of fused-ring (bicyclic) bond motifs is 3. The molecule has 1 aliphatic heterocycles. The average molecular weight is 466 g/mol. The van der Waals surface area contributed by atoms with Crippen molar-refractivity contribution in [3.8, 4) is 11.5 Å². The second-order valence-electron chi connectivity index (χ2n) is 8.22. The first-order chi connectivity index (χ1) is 16.6. The number of hydrogen-bond acceptors (Lipinski definition) is 6. The summed E-state index contributed by atoms with van der Waals surface area (Å²) < 4.78 is 18.6. The molecular weight excluding hydrogens is 434 g/mol. The Bertz CT molecular complexity index is 1190. The molecule has 1 aromatic heterocycles. The van der Waals surface area contributed by atoms with E-state index in [9.17, 15) is 9.59 Å². The molecule has 8 nitrogen and oxygen atoms in total. The van der Waals surface area contributed by atoms with Gasteiger partial charge in [-0.05, 0) is 31.5 Å². The highest BCUT2D eigenvalue weighted by atomic mass is 16.5. The van der Waals surface area contributed by atoms with Crippen molar-refractivity contribution in [2.45, 2.75) is 39.2 Å². The molecule has 0 radical (unpaired) electrons. The van der Waals surface area contributed by atoms with E-state index >= 15 is 0 Å². The van der Waals surface area contributed by atoms with E-state index in [4.69, 9.17) is 19.2 Å². The maximum absolute atomic E-state index is 13.9. The van der Waals surface area contributed by atoms with Gasteiger partial charge in [0.2, 0.25) is 11.9 Å². The molecule has 0 aliphatic carbocycles. The fraction of sp³-hybridized carbons (Fsp3) is 0.423. The Morgan fingerprint density at radius 2 is 1.82 bits per heavy atom. The molecule has 2 atom stereocenters. The number of anilines is 1. The zero-order valence-electron chi connectivity index (χ0n) is 20.1. The van der Waals surface area contributed by atoms with Crippen LogP contribution in [0.2, 0.25) is 0 Å². The number of aromatic nitrogens is 2. The van der Waals surface area contributed by atoms with Gasteiger partial charge in [0.05, 0.1) is 37.9 Å². The highest BCUT2D eigenvalue weighted by Crippen LogP contribution is 2.46. The number of ether oxygens (including phenoxy) is 3. The van der Waals surface area contributed by atoms with E-state index in [1.165, 1.54) is 0 Å². The number of nitrogens with zero attached hydrogens (tertiary/aromatic N) is 3. The van der Waals surface area contributed by atoms with E-state index < -0.39 is 17.9 Å². The Morgan fingerprint density at radius 1 is 1.03 bits per heavy atom. The Balaban J connectivity index is 2.00. The summed E-state index contributed by atoms with van der Waals surface area (Å²) in [5.41, 5.74) is 2.24. The summed E-state index contributed by atoms with van der Waals surface area (Å²) in [7, 11) is 3.11. The Hall–Kier alpha value is -3.55. The number of methoxy groups -OCH3 is 2. The van der Waals surface area contributed by atoms with Gasteiger partial charge in [0.15, 0.2) is 17.4 Å². The van der Waals surface area contributed by atoms with Crippen LogP contribution in [0.1, 0.15) is 44.7 Å². The number of benzene rings is 2. The number of amides is 1. The normalized spacial score (nSPS) is 17.5. The van der Waals surface area contributed by atoms with Gasteiger partial charge in [-0.2, -0.15) is 0 Å². The van der Waals surface area contributed by atoms with Gasteiger partial charge in [-0.25, -0.2) is 4.98 Å². The van der Waals surface area contributed by atoms with Crippen molar-refractivity contribution in [2.24, 2.45) is 5.92 Å². The van der Waals surface area contributed by atoms with Crippen LogP contribution in [0.15, 0.2) is 42.5 Å². The molecule has 0 fully saturated rings. The number of unbranched alkanes of at least 4 members (excludes halogenated alkanes) is 2. The van der Waals surface area contributed by atoms with Crippen LogP contribution in [0.5, 0.6) is 11.5 Å². The first-order valence-electron chi connectivity index (χ1n) is 11.7. The largest absolute Gasteiger partial charge is 0.493 e. The molecular formula is C26H31N3O5. The molecule has 1 aliphatic rings. The maximum Gasteiger partial charge on any atom is 0.321 e. The Labute approximate surface area is 199 Å². The lowest BCUT2D eigenvalue weighted by molar-refractivity contribution is -0.153. The second-order valence-corrected chi connectivity index (χ2v) is 8.22. The molecule has 0 saturated carbocycles. The van der Waals surface area contributed by atoms with E-state index in [-0.39, 0.29) is 12.5 Å². The average Bonchev–Trinajstić information content (AvgIpc) is 3.23. The number of hydrogen-bond donors (Lipinski definition) is 0. The lowest BCUT2D eigenvalue weighted by atomic mass is 9.88. The zero-order chi connectivity index (χ0) is 24.2. The minimum atomic E-state index is -1.09. The van der Waals surface area contributed by atoms with E-state index in [2.05, 4.69) is 6.92 Å². The van der Waals surface area contributed by atoms with E-state index in [1.807, 2.05) is 41.0 Å². The molecule has 0 spiro atoms. The second kappa shape index (κ2) is 10.2. The fourth-order valence-corrected chi connectivity index (χ4v) is 4.70. The topological polar surface area (TPSA) is 82.9 Å². The van der Waals surface area contributed by atoms with Crippen molar-refractivity contribution in [2.75, 3.05) is 32.3 Å². The van der Waals surface area contributed by atoms with Crippen molar-refractivity contribution >= 4 is 28.9 Å². The molecule has 0 unspecified atom stereocenters. The van der Waals surface area contributed by atoms with E-state index in [0.717, 1.165) is 30.3 Å². The van der Waals surface area contributed by atoms with Crippen molar-refractivity contribution < 1.29 is 23.8 Å². The SMILES string of the molecule is CCCCCN1C(=O)[C@H](C(=O)OCC)[C@H](c2cccc(OC)c2OC)n2c1nc1ccccc12. The number of carbonyl (C=O) groups is 2. The molecule has 0 bridgehead atoms. The van der Waals surface area contributed by atoms with Crippen molar-refractivity contribution in [3.63, 3.8) is 0 Å². The first kappa shape index (κ1) is 23.6. The van der Waals surface area contributed by atoms with Crippen LogP contribution in [0.3, 0.4) is 0 Å². The lowest BCUT2D eigenvalue weighted by Gasteiger charge is -2.38. The molecule has 34 heavy (non-hydrogen) atoms. The van der Waals surface area contributed by atoms with Gasteiger partial charge in [0, 0.05) is 12.1 Å². The summed E-state index contributed by atoms with van der Waals surface area (Å²) in [5, 5.41) is 0. The van der Waals surface area contributed by atoms with Gasteiger partial charge in [0.25, 0.3) is 0 Å². The van der Waals surface area contributed by atoms with E-state index in [1.54, 1.807) is 32.1 Å². The Kier molecular flexibility index (Phi) is 7.05. The van der Waals surface area contributed by atoms with E-state index in [0.29, 0.717) is 29.6 Å². The van der Waals surface area contributed by atoms with Crippen molar-refractivity contribution in [1.29, 1.82) is 0 Å². The zero-order valence-corrected chi connectivity index (χ0v) is 20.1. The first-order valence-corrected chi connectivity index (χ1v) is 11.7. The minimum absolute atomic E-state index is 0.179. The number of para-hydroxylation sites is 3. The fourth-order valence-electron chi connectivity index (χ4n) is 4.70. The van der Waals surface area contributed by atoms with Crippen molar-refractivity contribution in [3.05, 3.63) is 48.0 Å². The van der Waals surface area contributed by atoms with Gasteiger partial charge in [-0.1, -0.05) is 44.0 Å². The molecule has 4 rings (SSSR count). The smallest absolute Gasteiger partial charge is 0.321 e. The number of esters is 1. The highest BCUT2D eigenvalue weighted by molar-refractivity contribution is 6.08. The quantitative estimate of drug-likeness (QED) is 0.265. The standard InChI is InChI=1S/C26H31N3O5/c1-5-7-10-16-28-24(30)21(25(31)34-6-2)22(17-12-11-15-20(32-3)23(17)33-4)29-19-14-9-8-13-18(19)27-26(28)29/h8-9,11-15,21-22H,5-7,10,16H2,1-4H3/t21-,22+/m1/s1. The lowest BCUT2D eigenvalue weighted by Crippen LogP contribution is -2.50. The molecule has 1 amide bonds. The summed E-state index contributed by atoms with van der Waals surface area (Å²) in [4.78, 5) is 33.7. The van der Waals surface area contributed by atoms with Crippen LogP contribution in [0.4, 0.5) is 5.95 Å². The number of imidazole rings is 1. The summed E-state index contributed by atoms with van der Waals surface area (Å²) in [5.74, 6) is -0.449. The van der Waals surface area contributed by atoms with Crippen LogP contribution in [-0.2, 0) is 14.3 Å². The monoisotopic (exact) mass is 465 g/mol. The summed E-state index contributed by atoms with van der Waals surface area (Å²) in [6.07, 6.45) is 2.80. The molecule has 3 aromatic rings. The third kappa shape index (κ3) is 3.97. The minimum Gasteiger partial charge on any atom is -0.493 e. The van der Waals surface area contributed by atoms with Gasteiger partial charge in [0.1, 0.15) is 0 Å². The van der Waals surface area contributed by atoms with Crippen LogP contribution in [-0.4, -0.2) is 48.8 Å². The highest BCUT2D eigenvalue weighted by Gasteiger charge is 2.48. The summed E-state index contributed by atoms with van der Waals surface area (Å²) in [6, 6.07) is 12.5. The third-order valence-electron chi connectivity index (χ3n) is 6.22. The molecule has 8 heteroatoms. The van der Waals surface area contributed by atoms with Crippen LogP contribution in [0.25, 0.3) is 11.0 Å². The predicted molar refractivity (Wildman–Crippen MR) is 129 cm³/mol. The van der Waals surface area contributed by atoms with Gasteiger partial charge in [-0.3, -0.25) is 14.5 Å². The van der Waals surface area contributed by atoms with Crippen LogP contribution >= 0.6 is 0 Å². The molecule has 2 aromatic carbocycles. The van der Waals surface area contributed by atoms with Gasteiger partial charge >= 0.3 is 5.97 Å². The predicted octanol–water partition coefficient (Wildman–Crippen LogP) is 4.36. The molecule has 0 N–H and O–H groups in total. The molecule has 2 heterocycles. The summed E-state index contributed by atoms with van der Waals surface area (Å²) >= 11 is 0. The van der Waals surface area contributed by atoms with Crippen LogP contribution in [0, 0.1) is 5.92 Å².